The second-order valence-electron chi connectivity index (χ2n) is 4.13. The lowest BCUT2D eigenvalue weighted by molar-refractivity contribution is -0.118. The Balaban J connectivity index is 2.45. The van der Waals surface area contributed by atoms with Crippen LogP contribution in [0.5, 0.6) is 0 Å². The van der Waals surface area contributed by atoms with Gasteiger partial charge in [0.1, 0.15) is 0 Å². The number of rotatable bonds is 3. The molecule has 2 N–H and O–H groups in total. The first-order valence-electron chi connectivity index (χ1n) is 5.90. The van der Waals surface area contributed by atoms with Gasteiger partial charge in [0.2, 0.25) is 5.91 Å². The van der Waals surface area contributed by atoms with Crippen molar-refractivity contribution in [2.24, 2.45) is 5.73 Å². The van der Waals surface area contributed by atoms with E-state index in [0.29, 0.717) is 0 Å². The van der Waals surface area contributed by atoms with E-state index in [2.05, 4.69) is 0 Å². The minimum atomic E-state index is -0.537. The predicted octanol–water partition coefficient (Wildman–Crippen LogP) is 2.70. The minimum absolute atomic E-state index is 0.118. The van der Waals surface area contributed by atoms with Crippen LogP contribution in [0, 0.1) is 0 Å². The van der Waals surface area contributed by atoms with Gasteiger partial charge in [0.15, 0.2) is 0 Å². The van der Waals surface area contributed by atoms with Crippen molar-refractivity contribution in [3.05, 3.63) is 60.7 Å². The quantitative estimate of drug-likeness (QED) is 0.896. The molecule has 3 nitrogen and oxygen atoms in total. The predicted molar refractivity (Wildman–Crippen MR) is 73.7 cm³/mol. The topological polar surface area (TPSA) is 46.3 Å². The highest BCUT2D eigenvalue weighted by Gasteiger charge is 2.20. The Labute approximate surface area is 107 Å². The molecule has 0 fully saturated rings. The van der Waals surface area contributed by atoms with E-state index in [1.54, 1.807) is 11.8 Å². The van der Waals surface area contributed by atoms with Crippen molar-refractivity contribution in [2.45, 2.75) is 13.0 Å². The van der Waals surface area contributed by atoms with Crippen LogP contribution in [0.3, 0.4) is 0 Å². The molecule has 0 spiro atoms. The lowest BCUT2D eigenvalue weighted by Gasteiger charge is -2.24. The second kappa shape index (κ2) is 5.47. The molecule has 0 radical (unpaired) electrons. The lowest BCUT2D eigenvalue weighted by atomic mass is 10.2. The van der Waals surface area contributed by atoms with Crippen molar-refractivity contribution in [1.82, 2.24) is 0 Å². The zero-order valence-electron chi connectivity index (χ0n) is 10.3. The van der Waals surface area contributed by atoms with Crippen molar-refractivity contribution in [3.8, 4) is 0 Å². The van der Waals surface area contributed by atoms with E-state index in [1.165, 1.54) is 0 Å². The van der Waals surface area contributed by atoms with Gasteiger partial charge in [0.25, 0.3) is 0 Å². The van der Waals surface area contributed by atoms with Crippen LogP contribution in [-0.2, 0) is 4.79 Å². The summed E-state index contributed by atoms with van der Waals surface area (Å²) in [6.07, 6.45) is 0. The van der Waals surface area contributed by atoms with Crippen LogP contribution >= 0.6 is 0 Å². The summed E-state index contributed by atoms with van der Waals surface area (Å²) < 4.78 is 0. The maximum atomic E-state index is 12.2. The summed E-state index contributed by atoms with van der Waals surface area (Å²) in [5, 5.41) is 0. The number of carbonyl (C=O) groups is 1. The average molecular weight is 240 g/mol. The Morgan fingerprint density at radius 1 is 0.944 bits per heavy atom. The summed E-state index contributed by atoms with van der Waals surface area (Å²) in [4.78, 5) is 13.9. The third-order valence-corrected chi connectivity index (χ3v) is 2.64. The molecule has 0 aliphatic rings. The number of nitrogens with zero attached hydrogens (tertiary/aromatic N) is 1. The van der Waals surface area contributed by atoms with Gasteiger partial charge < -0.3 is 5.73 Å². The van der Waals surface area contributed by atoms with Crippen LogP contribution in [0.25, 0.3) is 0 Å². The second-order valence-corrected chi connectivity index (χ2v) is 4.13. The van der Waals surface area contributed by atoms with E-state index in [4.69, 9.17) is 5.73 Å². The SMILES string of the molecule is C[C@H](N)C(=O)N(c1ccccc1)c1ccccc1. The normalized spacial score (nSPS) is 11.9. The Bertz CT molecular complexity index is 469. The maximum Gasteiger partial charge on any atom is 0.248 e. The Morgan fingerprint density at radius 2 is 1.33 bits per heavy atom. The molecular formula is C15H16N2O. The molecule has 92 valence electrons. The van der Waals surface area contributed by atoms with E-state index < -0.39 is 6.04 Å². The van der Waals surface area contributed by atoms with E-state index in [0.717, 1.165) is 11.4 Å². The molecule has 0 aromatic heterocycles. The third kappa shape index (κ3) is 2.57. The molecule has 2 aromatic carbocycles. The first-order chi connectivity index (χ1) is 8.70. The maximum absolute atomic E-state index is 12.2. The van der Waals surface area contributed by atoms with E-state index in [9.17, 15) is 4.79 Å². The van der Waals surface area contributed by atoms with Gasteiger partial charge in [-0.05, 0) is 31.2 Å². The zero-order chi connectivity index (χ0) is 13.0. The van der Waals surface area contributed by atoms with Gasteiger partial charge in [0, 0.05) is 11.4 Å². The number of para-hydroxylation sites is 2. The fraction of sp³-hybridized carbons (Fsp3) is 0.133. The van der Waals surface area contributed by atoms with Crippen molar-refractivity contribution in [3.63, 3.8) is 0 Å². The number of hydrogen-bond acceptors (Lipinski definition) is 2. The molecule has 1 amide bonds. The summed E-state index contributed by atoms with van der Waals surface area (Å²) >= 11 is 0. The van der Waals surface area contributed by atoms with Crippen molar-refractivity contribution < 1.29 is 4.79 Å². The van der Waals surface area contributed by atoms with Crippen LogP contribution < -0.4 is 10.6 Å². The van der Waals surface area contributed by atoms with Crippen molar-refractivity contribution >= 4 is 17.3 Å². The van der Waals surface area contributed by atoms with Crippen molar-refractivity contribution in [1.29, 1.82) is 0 Å². The monoisotopic (exact) mass is 240 g/mol. The highest BCUT2D eigenvalue weighted by atomic mass is 16.2. The standard InChI is InChI=1S/C15H16N2O/c1-12(16)15(18)17(13-8-4-2-5-9-13)14-10-6-3-7-11-14/h2-12H,16H2,1H3/t12-/m0/s1. The number of carbonyl (C=O) groups excluding carboxylic acids is 1. The van der Waals surface area contributed by atoms with Gasteiger partial charge in [0.05, 0.1) is 6.04 Å². The lowest BCUT2D eigenvalue weighted by Crippen LogP contribution is -2.39. The molecule has 18 heavy (non-hydrogen) atoms. The summed E-state index contributed by atoms with van der Waals surface area (Å²) in [6, 6.07) is 18.5. The van der Waals surface area contributed by atoms with E-state index >= 15 is 0 Å². The van der Waals surface area contributed by atoms with Crippen LogP contribution in [0.15, 0.2) is 60.7 Å². The smallest absolute Gasteiger partial charge is 0.248 e. The first kappa shape index (κ1) is 12.3. The van der Waals surface area contributed by atoms with Crippen LogP contribution in [-0.4, -0.2) is 11.9 Å². The molecule has 0 saturated heterocycles. The van der Waals surface area contributed by atoms with E-state index in [1.807, 2.05) is 60.7 Å². The number of nitrogens with two attached hydrogens (primary N) is 1. The Morgan fingerprint density at radius 3 is 1.67 bits per heavy atom. The summed E-state index contributed by atoms with van der Waals surface area (Å²) in [5.41, 5.74) is 7.37. The molecule has 1 atom stereocenters. The molecule has 0 saturated carbocycles. The van der Waals surface area contributed by atoms with Crippen LogP contribution in [0.4, 0.5) is 11.4 Å². The van der Waals surface area contributed by atoms with E-state index in [-0.39, 0.29) is 5.91 Å². The molecular weight excluding hydrogens is 224 g/mol. The molecule has 2 aromatic rings. The minimum Gasteiger partial charge on any atom is -0.320 e. The Kier molecular flexibility index (Phi) is 3.75. The summed E-state index contributed by atoms with van der Waals surface area (Å²) in [7, 11) is 0. The van der Waals surface area contributed by atoms with Gasteiger partial charge in [-0.2, -0.15) is 0 Å². The molecule has 0 heterocycles. The van der Waals surface area contributed by atoms with Gasteiger partial charge in [-0.3, -0.25) is 9.69 Å². The molecule has 2 rings (SSSR count). The Hall–Kier alpha value is -2.13. The van der Waals surface area contributed by atoms with Crippen LogP contribution in [0.2, 0.25) is 0 Å². The molecule has 3 heteroatoms. The van der Waals surface area contributed by atoms with Gasteiger partial charge >= 0.3 is 0 Å². The summed E-state index contributed by atoms with van der Waals surface area (Å²) in [5.74, 6) is -0.118. The number of anilines is 2. The largest absolute Gasteiger partial charge is 0.320 e. The third-order valence-electron chi connectivity index (χ3n) is 2.64. The molecule has 0 aliphatic carbocycles. The number of benzene rings is 2. The van der Waals surface area contributed by atoms with Crippen molar-refractivity contribution in [2.75, 3.05) is 4.90 Å². The fourth-order valence-electron chi connectivity index (χ4n) is 1.76. The van der Waals surface area contributed by atoms with Gasteiger partial charge in [-0.15, -0.1) is 0 Å². The number of amides is 1. The first-order valence-corrected chi connectivity index (χ1v) is 5.90. The van der Waals surface area contributed by atoms with Gasteiger partial charge in [-0.25, -0.2) is 0 Å². The molecule has 0 bridgehead atoms. The zero-order valence-corrected chi connectivity index (χ0v) is 10.3. The van der Waals surface area contributed by atoms with Gasteiger partial charge in [-0.1, -0.05) is 36.4 Å². The highest BCUT2D eigenvalue weighted by molar-refractivity contribution is 6.03. The highest BCUT2D eigenvalue weighted by Crippen LogP contribution is 2.25. The number of hydrogen-bond donors (Lipinski definition) is 1. The fourth-order valence-corrected chi connectivity index (χ4v) is 1.76. The van der Waals surface area contributed by atoms with Crippen LogP contribution in [0.1, 0.15) is 6.92 Å². The average Bonchev–Trinajstić information content (AvgIpc) is 2.41. The summed E-state index contributed by atoms with van der Waals surface area (Å²) in [6.45, 7) is 1.70. The molecule has 0 aliphatic heterocycles. The molecule has 0 unspecified atom stereocenters.